The fourth-order valence-electron chi connectivity index (χ4n) is 2.20. The Morgan fingerprint density at radius 2 is 1.65 bits per heavy atom. The summed E-state index contributed by atoms with van der Waals surface area (Å²) in [7, 11) is 0. The largest absolute Gasteiger partial charge is 0.295 e. The Morgan fingerprint density at radius 3 is 2.12 bits per heavy atom. The minimum atomic E-state index is 0.00810. The van der Waals surface area contributed by atoms with Crippen LogP contribution in [0.5, 0.6) is 0 Å². The third-order valence-electron chi connectivity index (χ3n) is 2.87. The quantitative estimate of drug-likeness (QED) is 0.589. The Balaban J connectivity index is 3.46. The molecule has 0 bridgehead atoms. The second-order valence-corrected chi connectivity index (χ2v) is 4.42. The van der Waals surface area contributed by atoms with Gasteiger partial charge in [-0.25, -0.2) is 0 Å². The van der Waals surface area contributed by atoms with E-state index in [0.717, 1.165) is 27.8 Å². The number of rotatable bonds is 3. The molecule has 0 aromatic heterocycles. The fourth-order valence-corrected chi connectivity index (χ4v) is 2.20. The molecule has 0 saturated carbocycles. The van der Waals surface area contributed by atoms with E-state index < -0.39 is 0 Å². The Labute approximate surface area is 102 Å². The van der Waals surface area contributed by atoms with E-state index in [9.17, 15) is 9.59 Å². The molecule has 2 nitrogen and oxygen atoms in total. The van der Waals surface area contributed by atoms with Crippen molar-refractivity contribution in [2.75, 3.05) is 0 Å². The minimum absolute atomic E-state index is 0.00810. The van der Waals surface area contributed by atoms with Crippen molar-refractivity contribution in [1.82, 2.24) is 0 Å². The van der Waals surface area contributed by atoms with Gasteiger partial charge in [-0.05, 0) is 62.9 Å². The van der Waals surface area contributed by atoms with E-state index in [2.05, 4.69) is 0 Å². The monoisotopic (exact) mass is 230 g/mol. The average molecular weight is 230 g/mol. The maximum Gasteiger partial charge on any atom is 0.160 e. The molecular weight excluding hydrogens is 212 g/mol. The number of benzene rings is 1. The van der Waals surface area contributed by atoms with Crippen LogP contribution >= 0.6 is 0 Å². The van der Waals surface area contributed by atoms with E-state index in [1.54, 1.807) is 13.0 Å². The van der Waals surface area contributed by atoms with E-state index >= 15 is 0 Å². The maximum atomic E-state index is 11.6. The number of allylic oxidation sites excluding steroid dienone is 1. The first-order chi connectivity index (χ1) is 7.84. The van der Waals surface area contributed by atoms with Crippen molar-refractivity contribution >= 4 is 17.6 Å². The highest BCUT2D eigenvalue weighted by molar-refractivity contribution is 5.99. The van der Waals surface area contributed by atoms with Crippen LogP contribution in [-0.4, -0.2) is 11.6 Å². The van der Waals surface area contributed by atoms with Crippen LogP contribution in [0.15, 0.2) is 12.1 Å². The number of hydrogen-bond donors (Lipinski definition) is 0. The van der Waals surface area contributed by atoms with Gasteiger partial charge in [0.2, 0.25) is 0 Å². The van der Waals surface area contributed by atoms with Crippen molar-refractivity contribution in [3.05, 3.63) is 40.0 Å². The lowest BCUT2D eigenvalue weighted by molar-refractivity contribution is -0.112. The molecule has 0 radical (unpaired) electrons. The van der Waals surface area contributed by atoms with E-state index in [-0.39, 0.29) is 11.6 Å². The van der Waals surface area contributed by atoms with Gasteiger partial charge in [0, 0.05) is 5.56 Å². The predicted molar refractivity (Wildman–Crippen MR) is 70.4 cm³/mol. The summed E-state index contributed by atoms with van der Waals surface area (Å²) in [6.45, 7) is 8.94. The zero-order valence-corrected chi connectivity index (χ0v) is 11.0. The molecular formula is C15H18O2. The highest BCUT2D eigenvalue weighted by atomic mass is 16.1. The van der Waals surface area contributed by atoms with Crippen LogP contribution < -0.4 is 0 Å². The summed E-state index contributed by atoms with van der Waals surface area (Å²) in [6, 6.07) is 1.99. The summed E-state index contributed by atoms with van der Waals surface area (Å²) in [4.78, 5) is 22.6. The Morgan fingerprint density at radius 1 is 1.06 bits per heavy atom. The van der Waals surface area contributed by atoms with Gasteiger partial charge in [0.15, 0.2) is 11.6 Å². The van der Waals surface area contributed by atoms with E-state index in [1.807, 2.05) is 26.8 Å². The van der Waals surface area contributed by atoms with Crippen LogP contribution in [0, 0.1) is 20.8 Å². The summed E-state index contributed by atoms with van der Waals surface area (Å²) >= 11 is 0. The zero-order chi connectivity index (χ0) is 13.2. The molecule has 0 aliphatic rings. The summed E-state index contributed by atoms with van der Waals surface area (Å²) in [5.74, 6) is 0.0752. The second-order valence-electron chi connectivity index (χ2n) is 4.42. The van der Waals surface area contributed by atoms with Gasteiger partial charge in [0.25, 0.3) is 0 Å². The van der Waals surface area contributed by atoms with Gasteiger partial charge in [-0.2, -0.15) is 0 Å². The molecule has 90 valence electrons. The number of carbonyl (C=O) groups excluding carboxylic acids is 2. The summed E-state index contributed by atoms with van der Waals surface area (Å²) < 4.78 is 0. The highest BCUT2D eigenvalue weighted by Crippen LogP contribution is 2.23. The van der Waals surface area contributed by atoms with E-state index in [1.165, 1.54) is 13.0 Å². The van der Waals surface area contributed by atoms with E-state index in [4.69, 9.17) is 0 Å². The van der Waals surface area contributed by atoms with Crippen molar-refractivity contribution < 1.29 is 9.59 Å². The molecule has 1 aromatic carbocycles. The topological polar surface area (TPSA) is 34.1 Å². The molecule has 0 aliphatic carbocycles. The average Bonchev–Trinajstić information content (AvgIpc) is 2.14. The minimum Gasteiger partial charge on any atom is -0.295 e. The van der Waals surface area contributed by atoms with Gasteiger partial charge < -0.3 is 0 Å². The second kappa shape index (κ2) is 5.09. The van der Waals surface area contributed by atoms with Crippen molar-refractivity contribution in [2.24, 2.45) is 0 Å². The van der Waals surface area contributed by atoms with Crippen molar-refractivity contribution in [3.63, 3.8) is 0 Å². The molecule has 2 heteroatoms. The first-order valence-corrected chi connectivity index (χ1v) is 5.65. The molecule has 0 heterocycles. The van der Waals surface area contributed by atoms with Crippen LogP contribution in [0.2, 0.25) is 0 Å². The van der Waals surface area contributed by atoms with Crippen molar-refractivity contribution in [2.45, 2.75) is 34.6 Å². The molecule has 1 aromatic rings. The number of aryl methyl sites for hydroxylation is 2. The van der Waals surface area contributed by atoms with Crippen LogP contribution in [-0.2, 0) is 4.79 Å². The Bertz CT molecular complexity index is 508. The highest BCUT2D eigenvalue weighted by Gasteiger charge is 2.12. The molecule has 0 unspecified atom stereocenters. The first kappa shape index (κ1) is 13.4. The van der Waals surface area contributed by atoms with Gasteiger partial charge >= 0.3 is 0 Å². The van der Waals surface area contributed by atoms with Crippen LogP contribution in [0.25, 0.3) is 6.08 Å². The lowest BCUT2D eigenvalue weighted by atomic mass is 9.91. The molecule has 17 heavy (non-hydrogen) atoms. The lowest BCUT2D eigenvalue weighted by Gasteiger charge is -2.13. The first-order valence-electron chi connectivity index (χ1n) is 5.65. The number of carbonyl (C=O) groups is 2. The molecule has 0 spiro atoms. The molecule has 0 N–H and O–H groups in total. The normalized spacial score (nSPS) is 10.9. The third kappa shape index (κ3) is 2.90. The molecule has 0 aliphatic heterocycles. The number of ketones is 2. The molecule has 0 saturated heterocycles. The van der Waals surface area contributed by atoms with Crippen LogP contribution in [0.1, 0.15) is 46.5 Å². The summed E-state index contributed by atoms with van der Waals surface area (Å²) in [5.41, 5.74) is 4.76. The number of Topliss-reactive ketones (excluding diaryl/α,β-unsaturated/α-hetero) is 1. The lowest BCUT2D eigenvalue weighted by Crippen LogP contribution is -2.03. The predicted octanol–water partition coefficient (Wildman–Crippen LogP) is 3.42. The van der Waals surface area contributed by atoms with Gasteiger partial charge in [-0.3, -0.25) is 9.59 Å². The van der Waals surface area contributed by atoms with E-state index in [0.29, 0.717) is 0 Å². The molecule has 0 fully saturated rings. The van der Waals surface area contributed by atoms with Gasteiger partial charge in [-0.15, -0.1) is 0 Å². The van der Waals surface area contributed by atoms with Gasteiger partial charge in [0.05, 0.1) is 0 Å². The third-order valence-corrected chi connectivity index (χ3v) is 2.87. The fraction of sp³-hybridized carbons (Fsp3) is 0.333. The smallest absolute Gasteiger partial charge is 0.160 e. The maximum absolute atomic E-state index is 11.6. The Kier molecular flexibility index (Phi) is 4.00. The molecule has 1 rings (SSSR count). The van der Waals surface area contributed by atoms with Crippen LogP contribution in [0.4, 0.5) is 0 Å². The van der Waals surface area contributed by atoms with Gasteiger partial charge in [-0.1, -0.05) is 12.1 Å². The zero-order valence-electron chi connectivity index (χ0n) is 11.0. The van der Waals surface area contributed by atoms with Gasteiger partial charge in [0.1, 0.15) is 0 Å². The van der Waals surface area contributed by atoms with Crippen molar-refractivity contribution in [3.8, 4) is 0 Å². The SMILES string of the molecule is CC(=O)/C=C/c1c(C)cc(C)c(C(C)=O)c1C. The van der Waals surface area contributed by atoms with Crippen molar-refractivity contribution in [1.29, 1.82) is 0 Å². The van der Waals surface area contributed by atoms with Crippen LogP contribution in [0.3, 0.4) is 0 Å². The molecule has 0 amide bonds. The standard InChI is InChI=1S/C15H18O2/c1-9-8-10(2)15(13(5)17)12(4)14(9)7-6-11(3)16/h6-8H,1-5H3/b7-6+. The summed E-state index contributed by atoms with van der Waals surface area (Å²) in [6.07, 6.45) is 3.33. The molecule has 0 atom stereocenters. The Hall–Kier alpha value is -1.70. The number of hydrogen-bond acceptors (Lipinski definition) is 2. The summed E-state index contributed by atoms with van der Waals surface area (Å²) in [5, 5.41) is 0.